The number of fused-ring (bicyclic) bond motifs is 3. The SMILES string of the molecule is COC(=O)CC(C(=O)N1[C@@H]2C[C@@H]2C[C@H]1c1ncc(C#Cc2ccc3cc(-c4cnc([C@@H]5C[C@H]6C[C@H]6N5C(=O)C(NC(=O)OC)C5C[C@@H](C)O[C@@H](C)C5)[nH]4)ccc3c2)[nH]1)C1C[C@@H](C)O[C@@H](C)C1. The molecule has 4 saturated heterocycles. The molecule has 0 spiro atoms. The Morgan fingerprint density at radius 2 is 1.30 bits per heavy atom. The number of likely N-dealkylation sites (tertiary alicyclic amines) is 2. The second-order valence-electron chi connectivity index (χ2n) is 20.0. The number of aromatic amines is 2. The Bertz CT molecular complexity index is 2560. The third-order valence-electron chi connectivity index (χ3n) is 15.2. The fraction of sp³-hybridized carbons (Fsp3) is 0.569. The lowest BCUT2D eigenvalue weighted by molar-refractivity contribution is -0.152. The van der Waals surface area contributed by atoms with Crippen molar-refractivity contribution in [3.8, 4) is 23.1 Å². The van der Waals surface area contributed by atoms with E-state index in [-0.39, 0.29) is 84.6 Å². The third kappa shape index (κ3) is 8.82. The van der Waals surface area contributed by atoms with E-state index in [1.165, 1.54) is 14.2 Å². The number of methoxy groups -OCH3 is 2. The molecule has 3 amide bonds. The summed E-state index contributed by atoms with van der Waals surface area (Å²) in [7, 11) is 2.70. The molecule has 6 fully saturated rings. The van der Waals surface area contributed by atoms with Gasteiger partial charge in [-0.3, -0.25) is 14.4 Å². The number of piperidine rings is 2. The number of H-pyrrole nitrogens is 2. The quantitative estimate of drug-likeness (QED) is 0.111. The van der Waals surface area contributed by atoms with Gasteiger partial charge in [-0.05, 0) is 138 Å². The Morgan fingerprint density at radius 1 is 0.712 bits per heavy atom. The summed E-state index contributed by atoms with van der Waals surface area (Å²) in [5.74, 6) is 7.93. The number of aromatic nitrogens is 4. The molecule has 10 rings (SSSR count). The first-order chi connectivity index (χ1) is 31.8. The Hall–Kier alpha value is -5.72. The van der Waals surface area contributed by atoms with Gasteiger partial charge in [0.25, 0.3) is 0 Å². The summed E-state index contributed by atoms with van der Waals surface area (Å²) in [6, 6.07) is 11.6. The van der Waals surface area contributed by atoms with E-state index in [2.05, 4.69) is 57.5 Å². The van der Waals surface area contributed by atoms with E-state index in [9.17, 15) is 19.2 Å². The summed E-state index contributed by atoms with van der Waals surface area (Å²) >= 11 is 0. The average Bonchev–Trinajstić information content (AvgIpc) is 3.89. The van der Waals surface area contributed by atoms with E-state index in [1.807, 2.05) is 49.8 Å². The van der Waals surface area contributed by atoms with Crippen LogP contribution in [0.15, 0.2) is 48.8 Å². The summed E-state index contributed by atoms with van der Waals surface area (Å²) in [4.78, 5) is 74.6. The molecular formula is C51H61N7O8. The Balaban J connectivity index is 0.822. The standard InChI is InChI=1S/C51H61N7O8/c1-26-13-34(14-27(2)65-26)39(23-45(59)63-5)49(60)57-41-19-35(41)21-43(57)47-52-24-38(54-47)12-8-30-7-9-32-18-33(11-10-31(32)17-30)40-25-53-48(55-40)44-22-36-20-42(36)58(44)50(61)46(56-51(62)64-6)37-15-28(3)66-29(4)16-37/h7,9-11,17-18,24-29,34-37,39,41-44,46H,13-16,19-23H2,1-6H3,(H,52,54)(H,53,55)(H,56,62)/t26-,27+,28-,29+,34?,35-,36-,37?,39?,41-,42-,43+,44+,46?/m1/s1. The molecule has 3 N–H and O–H groups in total. The largest absolute Gasteiger partial charge is 0.469 e. The molecule has 348 valence electrons. The number of carbonyl (C=O) groups excluding carboxylic acids is 4. The van der Waals surface area contributed by atoms with E-state index in [0.29, 0.717) is 30.4 Å². The van der Waals surface area contributed by atoms with Gasteiger partial charge in [0.15, 0.2) is 0 Å². The molecule has 6 aliphatic rings. The van der Waals surface area contributed by atoms with Gasteiger partial charge in [0, 0.05) is 23.2 Å². The van der Waals surface area contributed by atoms with E-state index in [0.717, 1.165) is 77.8 Å². The second kappa shape index (κ2) is 17.8. The number of rotatable bonds is 10. The van der Waals surface area contributed by atoms with Crippen molar-refractivity contribution in [1.29, 1.82) is 0 Å². The van der Waals surface area contributed by atoms with Crippen molar-refractivity contribution in [2.24, 2.45) is 29.6 Å². The molecule has 15 heteroatoms. The van der Waals surface area contributed by atoms with Crippen LogP contribution in [-0.2, 0) is 33.3 Å². The lowest BCUT2D eigenvalue weighted by Crippen LogP contribution is -2.55. The molecule has 14 atom stereocenters. The smallest absolute Gasteiger partial charge is 0.407 e. The number of imidazole rings is 2. The van der Waals surface area contributed by atoms with Gasteiger partial charge < -0.3 is 44.0 Å². The molecule has 6 heterocycles. The van der Waals surface area contributed by atoms with Crippen LogP contribution in [0, 0.1) is 41.4 Å². The van der Waals surface area contributed by atoms with Crippen molar-refractivity contribution in [1.82, 2.24) is 35.1 Å². The van der Waals surface area contributed by atoms with Crippen LogP contribution in [0.3, 0.4) is 0 Å². The molecule has 2 aliphatic carbocycles. The monoisotopic (exact) mass is 899 g/mol. The molecule has 4 aromatic rings. The first kappa shape index (κ1) is 44.1. The van der Waals surface area contributed by atoms with Crippen LogP contribution in [-0.4, -0.2) is 110 Å². The highest BCUT2D eigenvalue weighted by Gasteiger charge is 2.58. The lowest BCUT2D eigenvalue weighted by atomic mass is 9.79. The molecule has 4 aliphatic heterocycles. The molecule has 2 aromatic carbocycles. The molecule has 4 unspecified atom stereocenters. The maximum Gasteiger partial charge on any atom is 0.407 e. The molecule has 2 saturated carbocycles. The highest BCUT2D eigenvalue weighted by atomic mass is 16.5. The number of hydrogen-bond acceptors (Lipinski definition) is 10. The predicted octanol–water partition coefficient (Wildman–Crippen LogP) is 6.99. The zero-order valence-corrected chi connectivity index (χ0v) is 38.6. The number of benzene rings is 2. The van der Waals surface area contributed by atoms with Gasteiger partial charge >= 0.3 is 12.1 Å². The number of alkyl carbamates (subject to hydrolysis) is 1. The van der Waals surface area contributed by atoms with E-state index >= 15 is 0 Å². The number of ether oxygens (including phenoxy) is 4. The lowest BCUT2D eigenvalue weighted by Gasteiger charge is -2.38. The fourth-order valence-electron chi connectivity index (χ4n) is 12.0. The molecule has 15 nitrogen and oxygen atoms in total. The number of esters is 1. The zero-order chi connectivity index (χ0) is 46.0. The molecular weight excluding hydrogens is 839 g/mol. The van der Waals surface area contributed by atoms with Crippen molar-refractivity contribution in [3.05, 3.63) is 71.7 Å². The van der Waals surface area contributed by atoms with Gasteiger partial charge in [0.05, 0.1) is 81.1 Å². The molecule has 2 aromatic heterocycles. The summed E-state index contributed by atoms with van der Waals surface area (Å²) < 4.78 is 22.0. The van der Waals surface area contributed by atoms with Gasteiger partial charge in [0.2, 0.25) is 11.8 Å². The summed E-state index contributed by atoms with van der Waals surface area (Å²) in [6.45, 7) is 8.10. The number of carbonyl (C=O) groups is 4. The topological polar surface area (TPSA) is 181 Å². The summed E-state index contributed by atoms with van der Waals surface area (Å²) in [5, 5.41) is 4.98. The number of nitrogens with zero attached hydrogens (tertiary/aromatic N) is 4. The van der Waals surface area contributed by atoms with Crippen LogP contribution in [0.4, 0.5) is 4.79 Å². The van der Waals surface area contributed by atoms with Gasteiger partial charge in [0.1, 0.15) is 23.4 Å². The van der Waals surface area contributed by atoms with Crippen molar-refractivity contribution in [2.75, 3.05) is 14.2 Å². The van der Waals surface area contributed by atoms with Crippen LogP contribution in [0.1, 0.15) is 120 Å². The second-order valence-corrected chi connectivity index (χ2v) is 20.0. The Morgan fingerprint density at radius 3 is 1.95 bits per heavy atom. The summed E-state index contributed by atoms with van der Waals surface area (Å²) in [6.07, 6.45) is 9.45. The highest BCUT2D eigenvalue weighted by molar-refractivity contribution is 5.89. The third-order valence-corrected chi connectivity index (χ3v) is 15.2. The van der Waals surface area contributed by atoms with Crippen LogP contribution >= 0.6 is 0 Å². The van der Waals surface area contributed by atoms with Gasteiger partial charge in [-0.15, -0.1) is 0 Å². The molecule has 0 bridgehead atoms. The molecule has 66 heavy (non-hydrogen) atoms. The maximum atomic E-state index is 14.5. The van der Waals surface area contributed by atoms with Crippen molar-refractivity contribution < 1.29 is 38.1 Å². The van der Waals surface area contributed by atoms with E-state index in [1.54, 1.807) is 6.20 Å². The Kier molecular flexibility index (Phi) is 11.9. The fourth-order valence-corrected chi connectivity index (χ4v) is 12.0. The maximum absolute atomic E-state index is 14.5. The molecule has 0 radical (unpaired) electrons. The Labute approximate surface area is 385 Å². The van der Waals surface area contributed by atoms with Crippen molar-refractivity contribution in [3.63, 3.8) is 0 Å². The zero-order valence-electron chi connectivity index (χ0n) is 38.6. The van der Waals surface area contributed by atoms with E-state index < -0.39 is 18.1 Å². The summed E-state index contributed by atoms with van der Waals surface area (Å²) in [5.41, 5.74) is 3.37. The van der Waals surface area contributed by atoms with Crippen LogP contribution < -0.4 is 5.32 Å². The highest BCUT2D eigenvalue weighted by Crippen LogP contribution is 2.55. The van der Waals surface area contributed by atoms with Gasteiger partial charge in [-0.25, -0.2) is 14.8 Å². The van der Waals surface area contributed by atoms with Gasteiger partial charge in [-0.1, -0.05) is 24.1 Å². The minimum atomic E-state index is -0.713. The minimum Gasteiger partial charge on any atom is -0.469 e. The van der Waals surface area contributed by atoms with Crippen LogP contribution in [0.5, 0.6) is 0 Å². The van der Waals surface area contributed by atoms with Crippen molar-refractivity contribution in [2.45, 2.75) is 140 Å². The van der Waals surface area contributed by atoms with Crippen LogP contribution in [0.2, 0.25) is 0 Å². The normalized spacial score (nSPS) is 31.8. The van der Waals surface area contributed by atoms with E-state index in [4.69, 9.17) is 28.9 Å². The number of hydrogen-bond donors (Lipinski definition) is 3. The number of nitrogens with one attached hydrogen (secondary N) is 3. The first-order valence-corrected chi connectivity index (χ1v) is 23.9. The first-order valence-electron chi connectivity index (χ1n) is 23.9. The average molecular weight is 900 g/mol. The van der Waals surface area contributed by atoms with Gasteiger partial charge in [-0.2, -0.15) is 0 Å². The van der Waals surface area contributed by atoms with Crippen LogP contribution in [0.25, 0.3) is 22.0 Å². The van der Waals surface area contributed by atoms with Crippen molar-refractivity contribution >= 4 is 34.6 Å². The number of amides is 3. The predicted molar refractivity (Wildman–Crippen MR) is 243 cm³/mol. The minimum absolute atomic E-state index is 0.0110.